The first-order valence-electron chi connectivity index (χ1n) is 12.6. The molecule has 0 bridgehead atoms. The molecule has 1 aliphatic heterocycles. The number of thiophene rings is 1. The summed E-state index contributed by atoms with van der Waals surface area (Å²) in [6.07, 6.45) is 0.725. The Kier molecular flexibility index (Phi) is 8.03. The normalized spacial score (nSPS) is 15.6. The van der Waals surface area contributed by atoms with Crippen LogP contribution in [0.25, 0.3) is 11.3 Å². The van der Waals surface area contributed by atoms with Crippen LogP contribution in [0.1, 0.15) is 36.8 Å². The molecular formula is C28H30N4O4S3. The Morgan fingerprint density at radius 3 is 2.38 bits per heavy atom. The molecule has 0 radical (unpaired) electrons. The van der Waals surface area contributed by atoms with Gasteiger partial charge >= 0.3 is 0 Å². The molecule has 5 rings (SSSR count). The zero-order valence-corrected chi connectivity index (χ0v) is 24.6. The second-order valence-corrected chi connectivity index (χ2v) is 12.6. The van der Waals surface area contributed by atoms with E-state index in [1.807, 2.05) is 60.6 Å². The van der Waals surface area contributed by atoms with Gasteiger partial charge in [-0.3, -0.25) is 0 Å². The predicted molar refractivity (Wildman–Crippen MR) is 158 cm³/mol. The fourth-order valence-corrected chi connectivity index (χ4v) is 7.62. The van der Waals surface area contributed by atoms with Crippen LogP contribution in [0.4, 0.5) is 5.13 Å². The summed E-state index contributed by atoms with van der Waals surface area (Å²) in [6, 6.07) is 16.9. The number of methoxy groups -OCH3 is 2. The zero-order chi connectivity index (χ0) is 27.6. The molecule has 1 atom stereocenters. The van der Waals surface area contributed by atoms with Crippen LogP contribution in [-0.2, 0) is 10.0 Å². The summed E-state index contributed by atoms with van der Waals surface area (Å²) >= 11 is 3.17. The molecule has 39 heavy (non-hydrogen) atoms. The highest BCUT2D eigenvalue weighted by molar-refractivity contribution is 7.89. The van der Waals surface area contributed by atoms with Crippen molar-refractivity contribution < 1.29 is 17.9 Å². The molecule has 2 aromatic heterocycles. The standard InChI is InChI=1S/C28H30N4O4S3/c1-5-31(6-2)39(33,34)21-12-9-19(10-13-21)23-18-38-28(29-23)32-24(17-22(30-32)27-8-7-15-37-27)20-11-14-25(35-3)26(16-20)36-4/h7-16,18,24H,5-6,17H2,1-4H3/t24-/m1/s1. The molecule has 1 aliphatic rings. The van der Waals surface area contributed by atoms with Crippen LogP contribution in [0.2, 0.25) is 0 Å². The van der Waals surface area contributed by atoms with Gasteiger partial charge in [-0.1, -0.05) is 38.1 Å². The molecule has 0 N–H and O–H groups in total. The number of ether oxygens (including phenoxy) is 2. The van der Waals surface area contributed by atoms with Crippen LogP contribution in [0.15, 0.2) is 75.4 Å². The van der Waals surface area contributed by atoms with E-state index in [4.69, 9.17) is 19.6 Å². The van der Waals surface area contributed by atoms with Gasteiger partial charge in [-0.2, -0.15) is 9.41 Å². The predicted octanol–water partition coefficient (Wildman–Crippen LogP) is 6.28. The number of hydrazone groups is 1. The maximum atomic E-state index is 12.9. The first kappa shape index (κ1) is 27.3. The van der Waals surface area contributed by atoms with Crippen molar-refractivity contribution in [3.05, 3.63) is 75.8 Å². The van der Waals surface area contributed by atoms with E-state index < -0.39 is 10.0 Å². The van der Waals surface area contributed by atoms with E-state index in [9.17, 15) is 8.42 Å². The van der Waals surface area contributed by atoms with E-state index in [1.165, 1.54) is 15.6 Å². The Labute approximate surface area is 237 Å². The molecule has 4 aromatic rings. The number of aromatic nitrogens is 1. The second-order valence-electron chi connectivity index (χ2n) is 8.83. The Balaban J connectivity index is 1.47. The Bertz CT molecular complexity index is 1560. The van der Waals surface area contributed by atoms with Gasteiger partial charge in [-0.05, 0) is 41.3 Å². The van der Waals surface area contributed by atoms with Gasteiger partial charge in [0.2, 0.25) is 15.2 Å². The van der Waals surface area contributed by atoms with Crippen LogP contribution in [-0.4, -0.2) is 50.7 Å². The van der Waals surface area contributed by atoms with Crippen molar-refractivity contribution in [2.75, 3.05) is 32.3 Å². The fourth-order valence-electron chi connectivity index (χ4n) is 4.61. The molecule has 0 fully saturated rings. The van der Waals surface area contributed by atoms with Gasteiger partial charge in [-0.25, -0.2) is 18.4 Å². The van der Waals surface area contributed by atoms with E-state index in [2.05, 4.69) is 11.4 Å². The van der Waals surface area contributed by atoms with Crippen molar-refractivity contribution in [2.24, 2.45) is 5.10 Å². The van der Waals surface area contributed by atoms with Crippen molar-refractivity contribution in [1.82, 2.24) is 9.29 Å². The maximum Gasteiger partial charge on any atom is 0.243 e. The molecule has 0 aliphatic carbocycles. The average Bonchev–Trinajstić information content (AvgIpc) is 3.74. The van der Waals surface area contributed by atoms with Crippen LogP contribution in [0, 0.1) is 0 Å². The van der Waals surface area contributed by atoms with Gasteiger partial charge in [0.1, 0.15) is 0 Å². The number of benzene rings is 2. The van der Waals surface area contributed by atoms with Crippen LogP contribution >= 0.6 is 22.7 Å². The molecule has 8 nitrogen and oxygen atoms in total. The first-order chi connectivity index (χ1) is 18.9. The molecule has 0 unspecified atom stereocenters. The number of sulfonamides is 1. The summed E-state index contributed by atoms with van der Waals surface area (Å²) in [4.78, 5) is 6.33. The third kappa shape index (κ3) is 5.31. The number of hydrogen-bond donors (Lipinski definition) is 0. The van der Waals surface area contributed by atoms with Crippen molar-refractivity contribution in [1.29, 1.82) is 0 Å². The monoisotopic (exact) mass is 582 g/mol. The van der Waals surface area contributed by atoms with E-state index >= 15 is 0 Å². The van der Waals surface area contributed by atoms with Crippen LogP contribution < -0.4 is 14.5 Å². The third-order valence-corrected chi connectivity index (χ3v) is 10.5. The minimum Gasteiger partial charge on any atom is -0.493 e. The van der Waals surface area contributed by atoms with Gasteiger partial charge in [0, 0.05) is 30.5 Å². The molecule has 204 valence electrons. The summed E-state index contributed by atoms with van der Waals surface area (Å²) in [5.41, 5.74) is 3.67. The maximum absolute atomic E-state index is 12.9. The van der Waals surface area contributed by atoms with Crippen molar-refractivity contribution in [2.45, 2.75) is 31.2 Å². The fraction of sp³-hybridized carbons (Fsp3) is 0.286. The molecular weight excluding hydrogens is 553 g/mol. The molecule has 0 saturated heterocycles. The Morgan fingerprint density at radius 2 is 1.74 bits per heavy atom. The van der Waals surface area contributed by atoms with Crippen molar-refractivity contribution in [3.8, 4) is 22.8 Å². The molecule has 0 spiro atoms. The number of rotatable bonds is 10. The largest absolute Gasteiger partial charge is 0.493 e. The highest BCUT2D eigenvalue weighted by Gasteiger charge is 2.33. The van der Waals surface area contributed by atoms with E-state index in [-0.39, 0.29) is 10.9 Å². The van der Waals surface area contributed by atoms with Gasteiger partial charge in [-0.15, -0.1) is 22.7 Å². The summed E-state index contributed by atoms with van der Waals surface area (Å²) in [5.74, 6) is 1.34. The van der Waals surface area contributed by atoms with Crippen molar-refractivity contribution in [3.63, 3.8) is 0 Å². The number of anilines is 1. The smallest absolute Gasteiger partial charge is 0.243 e. The lowest BCUT2D eigenvalue weighted by atomic mass is 10.0. The number of hydrogen-bond acceptors (Lipinski definition) is 9. The molecule has 0 saturated carbocycles. The minimum absolute atomic E-state index is 0.0671. The Morgan fingerprint density at radius 1 is 1.00 bits per heavy atom. The van der Waals surface area contributed by atoms with E-state index in [1.54, 1.807) is 37.7 Å². The highest BCUT2D eigenvalue weighted by atomic mass is 32.2. The van der Waals surface area contributed by atoms with Crippen LogP contribution in [0.5, 0.6) is 11.5 Å². The van der Waals surface area contributed by atoms with E-state index in [0.717, 1.165) is 39.0 Å². The van der Waals surface area contributed by atoms with E-state index in [0.29, 0.717) is 24.6 Å². The lowest BCUT2D eigenvalue weighted by molar-refractivity contribution is 0.354. The number of nitrogens with zero attached hydrogens (tertiary/aromatic N) is 4. The summed E-state index contributed by atoms with van der Waals surface area (Å²) in [5, 5.41) is 11.8. The summed E-state index contributed by atoms with van der Waals surface area (Å²) < 4.78 is 38.2. The van der Waals surface area contributed by atoms with Gasteiger partial charge < -0.3 is 9.47 Å². The van der Waals surface area contributed by atoms with Gasteiger partial charge in [0.25, 0.3) is 0 Å². The third-order valence-electron chi connectivity index (χ3n) is 6.69. The summed E-state index contributed by atoms with van der Waals surface area (Å²) in [7, 11) is -0.256. The summed E-state index contributed by atoms with van der Waals surface area (Å²) in [6.45, 7) is 4.54. The Hall–Kier alpha value is -3.25. The minimum atomic E-state index is -3.51. The average molecular weight is 583 g/mol. The lowest BCUT2D eigenvalue weighted by Crippen LogP contribution is -2.30. The molecule has 2 aromatic carbocycles. The molecule has 3 heterocycles. The molecule has 11 heteroatoms. The van der Waals surface area contributed by atoms with Crippen LogP contribution in [0.3, 0.4) is 0 Å². The number of thiazole rings is 1. The lowest BCUT2D eigenvalue weighted by Gasteiger charge is -2.22. The second kappa shape index (κ2) is 11.5. The van der Waals surface area contributed by atoms with Gasteiger partial charge in [0.05, 0.1) is 41.4 Å². The first-order valence-corrected chi connectivity index (χ1v) is 15.8. The highest BCUT2D eigenvalue weighted by Crippen LogP contribution is 2.42. The zero-order valence-electron chi connectivity index (χ0n) is 22.2. The molecule has 0 amide bonds. The van der Waals surface area contributed by atoms with Crippen molar-refractivity contribution >= 4 is 43.5 Å². The van der Waals surface area contributed by atoms with Gasteiger partial charge in [0.15, 0.2) is 11.5 Å². The quantitative estimate of drug-likeness (QED) is 0.219. The topological polar surface area (TPSA) is 84.3 Å². The SMILES string of the molecule is CCN(CC)S(=O)(=O)c1ccc(-c2csc(N3N=C(c4cccs4)C[C@@H]3c3ccc(OC)c(OC)c3)n2)cc1.